The standard InChI is InChI=1S/C34H36N2O5S2/c1-32-14-12-21(37)17-20(32)10-11-22-23-13-15-34(33(23,2)18-26(38)29(22)32,41-30(40)25-8-5-6-16-35-25)28(39)19-42-31-36-24-7-3-4-9-27(24)43-31/h3-9,16-17,22-23,26,29,38H,10-15,18-19H2,1-2H3/t22?,23?,26?,29?,32?,33?,34-/m0/s1. The summed E-state index contributed by atoms with van der Waals surface area (Å²) in [6, 6.07) is 13.0. The summed E-state index contributed by atoms with van der Waals surface area (Å²) >= 11 is 2.94. The van der Waals surface area contributed by atoms with E-state index < -0.39 is 23.1 Å². The molecule has 0 spiro atoms. The summed E-state index contributed by atoms with van der Waals surface area (Å²) in [5.41, 5.74) is -0.132. The van der Waals surface area contributed by atoms with Gasteiger partial charge in [-0.15, -0.1) is 11.3 Å². The number of ether oxygens (including phenoxy) is 1. The summed E-state index contributed by atoms with van der Waals surface area (Å²) in [5, 5.41) is 12.0. The van der Waals surface area contributed by atoms with Crippen LogP contribution in [0.15, 0.2) is 64.7 Å². The van der Waals surface area contributed by atoms with Crippen molar-refractivity contribution in [2.75, 3.05) is 5.75 Å². The predicted molar refractivity (Wildman–Crippen MR) is 166 cm³/mol. The molecule has 7 nitrogen and oxygen atoms in total. The van der Waals surface area contributed by atoms with Gasteiger partial charge >= 0.3 is 5.97 Å². The fraction of sp³-hybridized carbons (Fsp3) is 0.500. The van der Waals surface area contributed by atoms with E-state index in [1.807, 2.05) is 30.3 Å². The smallest absolute Gasteiger partial charge is 0.357 e. The molecule has 3 aromatic rings. The molecule has 4 aliphatic rings. The number of aromatic nitrogens is 2. The van der Waals surface area contributed by atoms with Crippen molar-refractivity contribution in [2.45, 2.75) is 74.8 Å². The minimum atomic E-state index is -1.39. The van der Waals surface area contributed by atoms with Crippen LogP contribution in [0.25, 0.3) is 10.2 Å². The number of rotatable bonds is 6. The van der Waals surface area contributed by atoms with E-state index in [0.29, 0.717) is 19.3 Å². The zero-order chi connectivity index (χ0) is 30.0. The Hall–Kier alpha value is -2.88. The number of esters is 1. The van der Waals surface area contributed by atoms with Crippen molar-refractivity contribution >= 4 is 50.9 Å². The van der Waals surface area contributed by atoms with Crippen LogP contribution in [0.3, 0.4) is 0 Å². The monoisotopic (exact) mass is 616 g/mol. The number of aliphatic hydroxyl groups is 1. The van der Waals surface area contributed by atoms with Gasteiger partial charge in [0.15, 0.2) is 21.5 Å². The van der Waals surface area contributed by atoms with Crippen LogP contribution in [0.5, 0.6) is 0 Å². The lowest BCUT2D eigenvalue weighted by Gasteiger charge is -2.60. The number of hydrogen-bond acceptors (Lipinski definition) is 9. The van der Waals surface area contributed by atoms with E-state index in [1.54, 1.807) is 35.7 Å². The van der Waals surface area contributed by atoms with Crippen LogP contribution in [0, 0.1) is 28.6 Å². The quantitative estimate of drug-likeness (QED) is 0.249. The van der Waals surface area contributed by atoms with Crippen molar-refractivity contribution in [1.29, 1.82) is 0 Å². The van der Waals surface area contributed by atoms with Crippen molar-refractivity contribution < 1.29 is 24.2 Å². The average Bonchev–Trinajstić information content (AvgIpc) is 3.55. The van der Waals surface area contributed by atoms with Crippen LogP contribution >= 0.6 is 23.1 Å². The van der Waals surface area contributed by atoms with Gasteiger partial charge in [0.25, 0.3) is 0 Å². The third kappa shape index (κ3) is 4.53. The second kappa shape index (κ2) is 10.6. The van der Waals surface area contributed by atoms with Gasteiger partial charge < -0.3 is 9.84 Å². The maximum atomic E-state index is 14.5. The number of nitrogens with zero attached hydrogens (tertiary/aromatic N) is 2. The van der Waals surface area contributed by atoms with Crippen molar-refractivity contribution in [3.63, 3.8) is 0 Å². The number of Topliss-reactive ketones (excluding diaryl/α,β-unsaturated/α-hetero) is 1. The lowest BCUT2D eigenvalue weighted by atomic mass is 9.45. The third-order valence-electron chi connectivity index (χ3n) is 11.2. The van der Waals surface area contributed by atoms with Gasteiger partial charge in [0.1, 0.15) is 5.69 Å². The number of hydrogen-bond donors (Lipinski definition) is 1. The number of aliphatic hydroxyl groups excluding tert-OH is 1. The number of para-hydroxylation sites is 1. The predicted octanol–water partition coefficient (Wildman–Crippen LogP) is 6.45. The first kappa shape index (κ1) is 28.9. The summed E-state index contributed by atoms with van der Waals surface area (Å²) in [6.07, 6.45) is 7.15. The summed E-state index contributed by atoms with van der Waals surface area (Å²) in [6.45, 7) is 4.28. The van der Waals surface area contributed by atoms with E-state index in [-0.39, 0.29) is 46.2 Å². The minimum Gasteiger partial charge on any atom is -0.446 e. The Morgan fingerprint density at radius 3 is 2.70 bits per heavy atom. The summed E-state index contributed by atoms with van der Waals surface area (Å²) in [7, 11) is 0. The molecule has 43 heavy (non-hydrogen) atoms. The van der Waals surface area contributed by atoms with Gasteiger partial charge in [-0.2, -0.15) is 0 Å². The number of ketones is 2. The summed E-state index contributed by atoms with van der Waals surface area (Å²) in [5.74, 6) is -0.165. The van der Waals surface area contributed by atoms with Gasteiger partial charge in [-0.25, -0.2) is 14.8 Å². The van der Waals surface area contributed by atoms with Crippen LogP contribution in [0.2, 0.25) is 0 Å². The molecular weight excluding hydrogens is 581 g/mol. The number of thioether (sulfide) groups is 1. The van der Waals surface area contributed by atoms with Crippen LogP contribution in [-0.4, -0.2) is 50.1 Å². The van der Waals surface area contributed by atoms with E-state index in [0.717, 1.165) is 40.2 Å². The van der Waals surface area contributed by atoms with Crippen LogP contribution in [0.1, 0.15) is 69.3 Å². The molecule has 224 valence electrons. The molecule has 1 N–H and O–H groups in total. The molecule has 7 atom stereocenters. The maximum Gasteiger partial charge on any atom is 0.357 e. The zero-order valence-electron chi connectivity index (χ0n) is 24.5. The van der Waals surface area contributed by atoms with Crippen LogP contribution < -0.4 is 0 Å². The van der Waals surface area contributed by atoms with Crippen molar-refractivity contribution in [3.05, 3.63) is 66.0 Å². The molecule has 0 radical (unpaired) electrons. The van der Waals surface area contributed by atoms with E-state index in [9.17, 15) is 19.5 Å². The molecule has 0 aliphatic heterocycles. The van der Waals surface area contributed by atoms with Crippen molar-refractivity contribution in [3.8, 4) is 0 Å². The fourth-order valence-corrected chi connectivity index (χ4v) is 11.2. The molecule has 0 amide bonds. The van der Waals surface area contributed by atoms with Gasteiger partial charge in [-0.1, -0.05) is 49.4 Å². The zero-order valence-corrected chi connectivity index (χ0v) is 26.1. The van der Waals surface area contributed by atoms with Crippen molar-refractivity contribution in [2.24, 2.45) is 28.6 Å². The van der Waals surface area contributed by atoms with Gasteiger partial charge in [0.2, 0.25) is 0 Å². The Labute approximate surface area is 259 Å². The molecule has 7 rings (SSSR count). The molecular formula is C34H36N2O5S2. The molecule has 3 fully saturated rings. The van der Waals surface area contributed by atoms with Gasteiger partial charge in [0.05, 0.1) is 22.1 Å². The molecule has 1 aromatic carbocycles. The Balaban J connectivity index is 1.23. The number of carbonyl (C=O) groups excluding carboxylic acids is 3. The second-order valence-electron chi connectivity index (χ2n) is 13.2. The minimum absolute atomic E-state index is 0.00759. The second-order valence-corrected chi connectivity index (χ2v) is 15.5. The molecule has 2 aromatic heterocycles. The highest BCUT2D eigenvalue weighted by Crippen LogP contribution is 2.68. The SMILES string of the molecule is CC12CCC(=O)C=C1CCC1C2C(O)CC2(C)C1CC[C@]2(OC(=O)c1ccccn1)C(=O)CSc1nc2ccccc2s1. The summed E-state index contributed by atoms with van der Waals surface area (Å²) in [4.78, 5) is 49.3. The molecule has 9 heteroatoms. The van der Waals surface area contributed by atoms with Gasteiger partial charge in [-0.3, -0.25) is 9.59 Å². The highest BCUT2D eigenvalue weighted by atomic mass is 32.2. The largest absolute Gasteiger partial charge is 0.446 e. The number of pyridine rings is 1. The molecule has 2 heterocycles. The average molecular weight is 617 g/mol. The number of carbonyl (C=O) groups is 3. The van der Waals surface area contributed by atoms with Crippen LogP contribution in [0.4, 0.5) is 0 Å². The first-order valence-electron chi connectivity index (χ1n) is 15.2. The highest BCUT2D eigenvalue weighted by Gasteiger charge is 2.70. The number of benzene rings is 1. The van der Waals surface area contributed by atoms with Gasteiger partial charge in [0, 0.05) is 18.0 Å². The Morgan fingerprint density at radius 1 is 1.09 bits per heavy atom. The first-order valence-corrected chi connectivity index (χ1v) is 17.0. The van der Waals surface area contributed by atoms with E-state index >= 15 is 0 Å². The third-order valence-corrected chi connectivity index (χ3v) is 13.4. The van der Waals surface area contributed by atoms with E-state index in [2.05, 4.69) is 18.8 Å². The molecule has 3 saturated carbocycles. The maximum absolute atomic E-state index is 14.5. The Morgan fingerprint density at radius 2 is 1.91 bits per heavy atom. The first-order chi connectivity index (χ1) is 20.6. The summed E-state index contributed by atoms with van der Waals surface area (Å²) < 4.78 is 8.26. The molecule has 6 unspecified atom stereocenters. The van der Waals surface area contributed by atoms with Crippen molar-refractivity contribution in [1.82, 2.24) is 9.97 Å². The fourth-order valence-electron chi connectivity index (χ4n) is 9.21. The molecule has 0 saturated heterocycles. The van der Waals surface area contributed by atoms with E-state index in [1.165, 1.54) is 17.3 Å². The Kier molecular flexibility index (Phi) is 7.14. The van der Waals surface area contributed by atoms with E-state index in [4.69, 9.17) is 9.72 Å². The number of thiazole rings is 1. The topological polar surface area (TPSA) is 106 Å². The lowest BCUT2D eigenvalue weighted by molar-refractivity contribution is -0.180. The number of fused-ring (bicyclic) bond motifs is 6. The molecule has 4 aliphatic carbocycles. The Bertz CT molecular complexity index is 1600. The van der Waals surface area contributed by atoms with Gasteiger partial charge in [-0.05, 0) is 92.0 Å². The van der Waals surface area contributed by atoms with Crippen LogP contribution in [-0.2, 0) is 14.3 Å². The molecule has 0 bridgehead atoms. The normalized spacial score (nSPS) is 35.0. The number of allylic oxidation sites excluding steroid dienone is 1. The lowest BCUT2D eigenvalue weighted by Crippen LogP contribution is -2.63. The highest BCUT2D eigenvalue weighted by molar-refractivity contribution is 8.01.